The highest BCUT2D eigenvalue weighted by Gasteiger charge is 2.27. The van der Waals surface area contributed by atoms with Crippen molar-refractivity contribution < 1.29 is 9.35 Å². The van der Waals surface area contributed by atoms with Gasteiger partial charge in [-0.2, -0.15) is 5.14 Å². The summed E-state index contributed by atoms with van der Waals surface area (Å²) in [6.45, 7) is 2.95. The van der Waals surface area contributed by atoms with Gasteiger partial charge in [0.25, 0.3) is 0 Å². The number of carbonyl (C=O) groups is 1. The predicted octanol–water partition coefficient (Wildman–Crippen LogP) is -0.380. The summed E-state index contributed by atoms with van der Waals surface area (Å²) in [5.74, 6) is 0.0938. The summed E-state index contributed by atoms with van der Waals surface area (Å²) >= 11 is -1.22. The molecule has 1 heterocycles. The Morgan fingerprint density at radius 1 is 1.58 bits per heavy atom. The van der Waals surface area contributed by atoms with Crippen LogP contribution in [0.4, 0.5) is 0 Å². The van der Waals surface area contributed by atoms with E-state index in [4.69, 9.17) is 5.14 Å². The highest BCUT2D eigenvalue weighted by atomic mass is 32.2. The van der Waals surface area contributed by atoms with Gasteiger partial charge in [0, 0.05) is 44.2 Å². The topological polar surface area (TPSA) is 69.4 Å². The van der Waals surface area contributed by atoms with Crippen LogP contribution in [0.3, 0.4) is 0 Å². The zero-order valence-corrected chi connectivity index (χ0v) is 7.97. The van der Waals surface area contributed by atoms with Gasteiger partial charge in [-0.05, 0) is 0 Å². The third kappa shape index (κ3) is 2.36. The minimum absolute atomic E-state index is 0.0839. The minimum Gasteiger partial charge on any atom is -0.598 e. The molecule has 0 bridgehead atoms. The van der Waals surface area contributed by atoms with Gasteiger partial charge >= 0.3 is 0 Å². The number of hydrogen-bond donors (Lipinski definition) is 1. The molecular weight excluding hydrogens is 176 g/mol. The molecule has 4 nitrogen and oxygen atoms in total. The van der Waals surface area contributed by atoms with E-state index in [1.807, 2.05) is 0 Å². The van der Waals surface area contributed by atoms with Crippen LogP contribution in [-0.2, 0) is 16.2 Å². The molecular formula is C7H14N2O2S. The van der Waals surface area contributed by atoms with Gasteiger partial charge in [-0.1, -0.05) is 0 Å². The summed E-state index contributed by atoms with van der Waals surface area (Å²) < 4.78 is 10.9. The van der Waals surface area contributed by atoms with Crippen LogP contribution >= 0.6 is 0 Å². The molecule has 0 saturated carbocycles. The summed E-state index contributed by atoms with van der Waals surface area (Å²) in [6, 6.07) is 0. The molecule has 1 saturated heterocycles. The van der Waals surface area contributed by atoms with Crippen molar-refractivity contribution in [3.05, 3.63) is 0 Å². The molecule has 1 unspecified atom stereocenters. The number of nitrogens with zero attached hydrogens (tertiary/aromatic N) is 1. The summed E-state index contributed by atoms with van der Waals surface area (Å²) in [5.41, 5.74) is 0. The van der Waals surface area contributed by atoms with Crippen LogP contribution < -0.4 is 5.14 Å². The Labute approximate surface area is 75.4 Å². The Balaban J connectivity index is 2.34. The molecule has 1 fully saturated rings. The number of carbonyl (C=O) groups excluding carboxylic acids is 1. The maximum absolute atomic E-state index is 10.9. The van der Waals surface area contributed by atoms with E-state index in [1.54, 1.807) is 11.8 Å². The molecule has 0 aromatic rings. The zero-order valence-electron chi connectivity index (χ0n) is 7.16. The van der Waals surface area contributed by atoms with Gasteiger partial charge in [-0.3, -0.25) is 4.79 Å². The quantitative estimate of drug-likeness (QED) is 0.573. The lowest BCUT2D eigenvalue weighted by atomic mass is 10.1. The van der Waals surface area contributed by atoms with E-state index in [-0.39, 0.29) is 11.2 Å². The molecule has 0 aromatic carbocycles. The van der Waals surface area contributed by atoms with Gasteiger partial charge in [-0.15, -0.1) is 0 Å². The van der Waals surface area contributed by atoms with Gasteiger partial charge in [0.05, 0.1) is 0 Å². The highest BCUT2D eigenvalue weighted by molar-refractivity contribution is 7.89. The number of hydrogen-bond acceptors (Lipinski definition) is 3. The van der Waals surface area contributed by atoms with Crippen molar-refractivity contribution in [3.8, 4) is 0 Å². The Morgan fingerprint density at radius 2 is 2.08 bits per heavy atom. The molecule has 0 aromatic heterocycles. The van der Waals surface area contributed by atoms with Crippen LogP contribution in [0.25, 0.3) is 0 Å². The third-order valence-corrected chi connectivity index (χ3v) is 3.34. The van der Waals surface area contributed by atoms with Crippen molar-refractivity contribution in [2.24, 2.45) is 5.14 Å². The van der Waals surface area contributed by atoms with E-state index in [1.165, 1.54) is 0 Å². The summed E-state index contributed by atoms with van der Waals surface area (Å²) in [5, 5.41) is 5.34. The largest absolute Gasteiger partial charge is 0.598 e. The molecule has 1 aliphatic rings. The first-order chi connectivity index (χ1) is 5.61. The molecule has 1 rings (SSSR count). The van der Waals surface area contributed by atoms with Crippen LogP contribution in [0.1, 0.15) is 19.8 Å². The second kappa shape index (κ2) is 4.11. The molecule has 5 heteroatoms. The summed E-state index contributed by atoms with van der Waals surface area (Å²) in [6.07, 6.45) is 1.53. The Morgan fingerprint density at radius 3 is 2.42 bits per heavy atom. The van der Waals surface area contributed by atoms with Crippen LogP contribution in [-0.4, -0.2) is 33.7 Å². The minimum atomic E-state index is -1.22. The summed E-state index contributed by atoms with van der Waals surface area (Å²) in [4.78, 5) is 12.7. The van der Waals surface area contributed by atoms with Crippen LogP contribution in [0.15, 0.2) is 0 Å². The highest BCUT2D eigenvalue weighted by Crippen LogP contribution is 2.15. The van der Waals surface area contributed by atoms with E-state index in [0.29, 0.717) is 13.1 Å². The van der Waals surface area contributed by atoms with Crippen molar-refractivity contribution in [1.29, 1.82) is 0 Å². The summed E-state index contributed by atoms with van der Waals surface area (Å²) in [7, 11) is 0. The first kappa shape index (κ1) is 9.83. The molecule has 1 aliphatic heterocycles. The smallest absolute Gasteiger partial charge is 0.219 e. The van der Waals surface area contributed by atoms with E-state index in [0.717, 1.165) is 12.8 Å². The van der Waals surface area contributed by atoms with Crippen LogP contribution in [0.2, 0.25) is 0 Å². The number of amides is 1. The second-order valence-electron chi connectivity index (χ2n) is 3.03. The molecule has 1 amide bonds. The third-order valence-electron chi connectivity index (χ3n) is 2.22. The molecule has 1 atom stereocenters. The van der Waals surface area contributed by atoms with E-state index < -0.39 is 11.4 Å². The van der Waals surface area contributed by atoms with Gasteiger partial charge in [-0.25, -0.2) is 0 Å². The van der Waals surface area contributed by atoms with Crippen molar-refractivity contribution in [2.75, 3.05) is 13.1 Å². The number of rotatable bonds is 1. The predicted molar refractivity (Wildman–Crippen MR) is 47.6 cm³/mol. The fraction of sp³-hybridized carbons (Fsp3) is 0.857. The number of piperidine rings is 1. The average Bonchev–Trinajstić information content (AvgIpc) is 2.04. The van der Waals surface area contributed by atoms with E-state index in [2.05, 4.69) is 0 Å². The van der Waals surface area contributed by atoms with Crippen LogP contribution in [0.5, 0.6) is 0 Å². The fourth-order valence-corrected chi connectivity index (χ4v) is 2.08. The van der Waals surface area contributed by atoms with Crippen LogP contribution in [0, 0.1) is 0 Å². The number of nitrogens with two attached hydrogens (primary N) is 1. The van der Waals surface area contributed by atoms with Crippen molar-refractivity contribution in [3.63, 3.8) is 0 Å². The first-order valence-electron chi connectivity index (χ1n) is 4.01. The fourth-order valence-electron chi connectivity index (χ4n) is 1.40. The molecule has 12 heavy (non-hydrogen) atoms. The van der Waals surface area contributed by atoms with E-state index >= 15 is 0 Å². The lowest BCUT2D eigenvalue weighted by Gasteiger charge is -2.30. The first-order valence-corrected chi connectivity index (χ1v) is 5.29. The van der Waals surface area contributed by atoms with Crippen molar-refractivity contribution in [2.45, 2.75) is 25.0 Å². The second-order valence-corrected chi connectivity index (χ2v) is 4.36. The normalized spacial score (nSPS) is 22.4. The monoisotopic (exact) mass is 190 g/mol. The lowest BCUT2D eigenvalue weighted by Crippen LogP contribution is -2.43. The molecule has 70 valence electrons. The van der Waals surface area contributed by atoms with Gasteiger partial charge in [0.15, 0.2) is 0 Å². The molecule has 0 radical (unpaired) electrons. The Kier molecular flexibility index (Phi) is 3.37. The van der Waals surface area contributed by atoms with Gasteiger partial charge in [0.2, 0.25) is 5.91 Å². The molecule has 2 N–H and O–H groups in total. The van der Waals surface area contributed by atoms with Gasteiger partial charge < -0.3 is 9.45 Å². The maximum Gasteiger partial charge on any atom is 0.219 e. The van der Waals surface area contributed by atoms with E-state index in [9.17, 15) is 9.35 Å². The molecule has 0 spiro atoms. The Hall–Kier alpha value is -0.260. The van der Waals surface area contributed by atoms with Crippen molar-refractivity contribution in [1.82, 2.24) is 4.90 Å². The zero-order chi connectivity index (χ0) is 9.14. The number of likely N-dealkylation sites (tertiary alicyclic amines) is 1. The molecule has 0 aliphatic carbocycles. The van der Waals surface area contributed by atoms with Gasteiger partial charge in [0.1, 0.15) is 5.25 Å². The average molecular weight is 190 g/mol. The van der Waals surface area contributed by atoms with Crippen molar-refractivity contribution >= 4 is 17.3 Å². The maximum atomic E-state index is 10.9. The Bertz CT molecular complexity index is 167. The SMILES string of the molecule is CC(=O)N1CCC([S+](N)[O-])CC1. The lowest BCUT2D eigenvalue weighted by molar-refractivity contribution is -0.129. The standard InChI is InChI=1S/C7H14N2O2S/c1-6(10)9-4-2-7(3-5-9)12(8)11/h7H,2-5,8H2,1H3.